The summed E-state index contributed by atoms with van der Waals surface area (Å²) >= 11 is 0. The lowest BCUT2D eigenvalue weighted by Crippen LogP contribution is -2.31. The number of pyridine rings is 1. The van der Waals surface area contributed by atoms with Crippen molar-refractivity contribution in [3.05, 3.63) is 102 Å². The number of aromatic nitrogens is 2. The third-order valence-electron chi connectivity index (χ3n) is 5.83. The van der Waals surface area contributed by atoms with Gasteiger partial charge >= 0.3 is 0 Å². The molecule has 5 heteroatoms. The number of amides is 1. The number of carbonyl (C=O) groups is 1. The lowest BCUT2D eigenvalue weighted by molar-refractivity contribution is -0.134. The van der Waals surface area contributed by atoms with Crippen LogP contribution in [0.15, 0.2) is 79.3 Å². The van der Waals surface area contributed by atoms with Gasteiger partial charge in [0.15, 0.2) is 0 Å². The Kier molecular flexibility index (Phi) is 4.79. The number of hydrogen-bond donors (Lipinski definition) is 1. The normalized spacial score (nSPS) is 17.8. The van der Waals surface area contributed by atoms with Gasteiger partial charge in [-0.05, 0) is 53.3 Å². The summed E-state index contributed by atoms with van der Waals surface area (Å²) in [6.07, 6.45) is 6.26. The second-order valence-electron chi connectivity index (χ2n) is 7.92. The number of H-pyrrole nitrogens is 1. The van der Waals surface area contributed by atoms with Crippen molar-refractivity contribution in [1.82, 2.24) is 14.9 Å². The molecule has 5 rings (SSSR count). The van der Waals surface area contributed by atoms with Gasteiger partial charge < -0.3 is 9.88 Å². The topological polar surface area (TPSA) is 49.0 Å². The summed E-state index contributed by atoms with van der Waals surface area (Å²) < 4.78 is 13.8. The number of aromatic amines is 1. The van der Waals surface area contributed by atoms with Crippen molar-refractivity contribution in [2.45, 2.75) is 25.4 Å². The van der Waals surface area contributed by atoms with E-state index in [1.165, 1.54) is 17.7 Å². The van der Waals surface area contributed by atoms with Crippen LogP contribution in [0.3, 0.4) is 0 Å². The predicted octanol–water partition coefficient (Wildman–Crippen LogP) is 5.03. The molecule has 0 radical (unpaired) electrons. The number of rotatable bonds is 6. The molecular weight excluding hydrogens is 377 g/mol. The molecule has 1 amide bonds. The van der Waals surface area contributed by atoms with Gasteiger partial charge in [-0.15, -0.1) is 0 Å². The number of carbonyl (C=O) groups excluding carboxylic acids is 1. The third kappa shape index (κ3) is 3.71. The van der Waals surface area contributed by atoms with Gasteiger partial charge in [-0.2, -0.15) is 0 Å². The predicted molar refractivity (Wildman–Crippen MR) is 114 cm³/mol. The average molecular weight is 399 g/mol. The van der Waals surface area contributed by atoms with E-state index in [2.05, 4.69) is 22.1 Å². The van der Waals surface area contributed by atoms with Crippen molar-refractivity contribution in [3.63, 3.8) is 0 Å². The van der Waals surface area contributed by atoms with Crippen LogP contribution in [0.4, 0.5) is 4.39 Å². The zero-order valence-electron chi connectivity index (χ0n) is 16.5. The molecule has 0 unspecified atom stereocenters. The highest BCUT2D eigenvalue weighted by Crippen LogP contribution is 2.48. The summed E-state index contributed by atoms with van der Waals surface area (Å²) in [5, 5.41) is 0.814. The number of nitrogens with one attached hydrogen (secondary N) is 1. The van der Waals surface area contributed by atoms with Gasteiger partial charge in [0.05, 0.1) is 0 Å². The van der Waals surface area contributed by atoms with Crippen LogP contribution < -0.4 is 0 Å². The highest BCUT2D eigenvalue weighted by Gasteiger charge is 2.45. The van der Waals surface area contributed by atoms with Crippen molar-refractivity contribution in [1.29, 1.82) is 0 Å². The lowest BCUT2D eigenvalue weighted by atomic mass is 10.1. The molecule has 2 atom stereocenters. The Morgan fingerprint density at radius 1 is 1.10 bits per heavy atom. The highest BCUT2D eigenvalue weighted by molar-refractivity contribution is 5.86. The fraction of sp³-hybridized carbons (Fsp3) is 0.200. The number of fused-ring (bicyclic) bond motifs is 1. The van der Waals surface area contributed by atoms with Crippen molar-refractivity contribution in [2.24, 2.45) is 5.92 Å². The second kappa shape index (κ2) is 7.75. The van der Waals surface area contributed by atoms with Crippen molar-refractivity contribution < 1.29 is 9.18 Å². The van der Waals surface area contributed by atoms with E-state index in [4.69, 9.17) is 0 Å². The van der Waals surface area contributed by atoms with E-state index in [9.17, 15) is 9.18 Å². The quantitative estimate of drug-likeness (QED) is 0.494. The third-order valence-corrected chi connectivity index (χ3v) is 5.83. The molecule has 30 heavy (non-hydrogen) atoms. The summed E-state index contributed by atoms with van der Waals surface area (Å²) in [4.78, 5) is 22.7. The van der Waals surface area contributed by atoms with Crippen LogP contribution in [-0.2, 0) is 17.9 Å². The summed E-state index contributed by atoms with van der Waals surface area (Å²) in [5.74, 6) is 0.125. The van der Waals surface area contributed by atoms with E-state index in [1.807, 2.05) is 41.4 Å². The minimum Gasteiger partial charge on any atom is -0.361 e. The van der Waals surface area contributed by atoms with E-state index >= 15 is 0 Å². The molecule has 0 saturated heterocycles. The Bertz CT molecular complexity index is 1170. The Hall–Kier alpha value is -3.47. The number of halogens is 1. The fourth-order valence-corrected chi connectivity index (χ4v) is 4.18. The van der Waals surface area contributed by atoms with E-state index in [1.54, 1.807) is 18.5 Å². The molecule has 4 nitrogen and oxygen atoms in total. The SMILES string of the molecule is O=C([C@@H]1C[C@H]1c1ccccc1)N(Cc1cccnc1)Cc1c[nH]c2ccc(F)cc12. The minimum absolute atomic E-state index is 0.00832. The molecule has 2 aromatic heterocycles. The molecule has 0 aliphatic heterocycles. The van der Waals surface area contributed by atoms with Crippen LogP contribution in [-0.4, -0.2) is 20.8 Å². The minimum atomic E-state index is -0.278. The first-order chi connectivity index (χ1) is 14.7. The zero-order valence-corrected chi connectivity index (χ0v) is 16.5. The van der Waals surface area contributed by atoms with Crippen molar-refractivity contribution >= 4 is 16.8 Å². The van der Waals surface area contributed by atoms with Gasteiger partial charge in [0.2, 0.25) is 5.91 Å². The molecule has 150 valence electrons. The first-order valence-electron chi connectivity index (χ1n) is 10.2. The number of hydrogen-bond acceptors (Lipinski definition) is 2. The fourth-order valence-electron chi connectivity index (χ4n) is 4.18. The van der Waals surface area contributed by atoms with E-state index in [0.29, 0.717) is 13.1 Å². The van der Waals surface area contributed by atoms with Crippen LogP contribution >= 0.6 is 0 Å². The molecule has 0 bridgehead atoms. The van der Waals surface area contributed by atoms with Crippen molar-refractivity contribution in [2.75, 3.05) is 0 Å². The molecule has 1 N–H and O–H groups in total. The lowest BCUT2D eigenvalue weighted by Gasteiger charge is -2.23. The largest absolute Gasteiger partial charge is 0.361 e. The van der Waals surface area contributed by atoms with Gasteiger partial charge in [0.25, 0.3) is 0 Å². The van der Waals surface area contributed by atoms with Gasteiger partial charge in [-0.25, -0.2) is 4.39 Å². The number of nitrogens with zero attached hydrogens (tertiary/aromatic N) is 2. The van der Waals surface area contributed by atoms with Gasteiger partial charge in [-0.1, -0.05) is 36.4 Å². The number of benzene rings is 2. The smallest absolute Gasteiger partial charge is 0.226 e. The van der Waals surface area contributed by atoms with Crippen LogP contribution in [0.2, 0.25) is 0 Å². The molecule has 0 spiro atoms. The molecule has 2 aromatic carbocycles. The Morgan fingerprint density at radius 3 is 2.77 bits per heavy atom. The highest BCUT2D eigenvalue weighted by atomic mass is 19.1. The summed E-state index contributed by atoms with van der Waals surface area (Å²) in [5.41, 5.74) is 3.98. The summed E-state index contributed by atoms with van der Waals surface area (Å²) in [6.45, 7) is 0.905. The van der Waals surface area contributed by atoms with E-state index < -0.39 is 0 Å². The van der Waals surface area contributed by atoms with Crippen LogP contribution in [0.1, 0.15) is 29.0 Å². The molecule has 1 saturated carbocycles. The summed E-state index contributed by atoms with van der Waals surface area (Å²) in [7, 11) is 0. The van der Waals surface area contributed by atoms with E-state index in [0.717, 1.165) is 28.5 Å². The van der Waals surface area contributed by atoms with Gasteiger partial charge in [0, 0.05) is 48.5 Å². The first kappa shape index (κ1) is 18.6. The molecule has 4 aromatic rings. The monoisotopic (exact) mass is 399 g/mol. The zero-order chi connectivity index (χ0) is 20.5. The first-order valence-corrected chi connectivity index (χ1v) is 10.2. The maximum atomic E-state index is 13.8. The van der Waals surface area contributed by atoms with Gasteiger partial charge in [-0.3, -0.25) is 9.78 Å². The van der Waals surface area contributed by atoms with Crippen LogP contribution in [0, 0.1) is 11.7 Å². The van der Waals surface area contributed by atoms with Crippen LogP contribution in [0.5, 0.6) is 0 Å². The summed E-state index contributed by atoms with van der Waals surface area (Å²) in [6, 6.07) is 18.8. The Morgan fingerprint density at radius 2 is 1.97 bits per heavy atom. The van der Waals surface area contributed by atoms with Crippen molar-refractivity contribution in [3.8, 4) is 0 Å². The molecular formula is C25H22FN3O. The molecule has 1 aliphatic rings. The van der Waals surface area contributed by atoms with Crippen LogP contribution in [0.25, 0.3) is 10.9 Å². The maximum absolute atomic E-state index is 13.8. The maximum Gasteiger partial charge on any atom is 0.226 e. The van der Waals surface area contributed by atoms with E-state index in [-0.39, 0.29) is 23.6 Å². The standard InChI is InChI=1S/C25H22FN3O/c26-20-8-9-24-22(11-20)19(14-28-24)16-29(15-17-5-4-10-27-13-17)25(30)23-12-21(23)18-6-2-1-3-7-18/h1-11,13-14,21,23,28H,12,15-16H2/t21-,23+/m0/s1. The Balaban J connectivity index is 1.42. The molecule has 1 aliphatic carbocycles. The second-order valence-corrected chi connectivity index (χ2v) is 7.92. The Labute approximate surface area is 174 Å². The molecule has 2 heterocycles. The van der Waals surface area contributed by atoms with Gasteiger partial charge in [0.1, 0.15) is 5.82 Å². The molecule has 1 fully saturated rings. The average Bonchev–Trinajstić information content (AvgIpc) is 3.49.